The molecule has 0 aliphatic carbocycles. The van der Waals surface area contributed by atoms with Gasteiger partial charge in [-0.25, -0.2) is 0 Å². The van der Waals surface area contributed by atoms with Crippen LogP contribution in [0.15, 0.2) is 53.7 Å². The molecule has 0 atom stereocenters. The van der Waals surface area contributed by atoms with Crippen LogP contribution in [-0.2, 0) is 6.54 Å². The first kappa shape index (κ1) is 16.4. The third-order valence-electron chi connectivity index (χ3n) is 4.16. The number of benzene rings is 2. The molecule has 3 N–H and O–H groups in total. The van der Waals surface area contributed by atoms with Crippen molar-refractivity contribution in [1.29, 1.82) is 0 Å². The molecule has 0 bridgehead atoms. The molecule has 1 amide bonds. The minimum absolute atomic E-state index is 0.174. The highest BCUT2D eigenvalue weighted by molar-refractivity contribution is 6.30. The van der Waals surface area contributed by atoms with E-state index in [1.165, 1.54) is 0 Å². The molecular weight excluding hydrogens is 350 g/mol. The highest BCUT2D eigenvalue weighted by Gasteiger charge is 2.17. The summed E-state index contributed by atoms with van der Waals surface area (Å²) < 4.78 is 0. The van der Waals surface area contributed by atoms with E-state index in [0.29, 0.717) is 29.2 Å². The van der Waals surface area contributed by atoms with Gasteiger partial charge in [-0.1, -0.05) is 35.9 Å². The van der Waals surface area contributed by atoms with E-state index in [9.17, 15) is 4.79 Å². The lowest BCUT2D eigenvalue weighted by Crippen LogP contribution is -2.23. The Morgan fingerprint density at radius 2 is 2.04 bits per heavy atom. The number of halogens is 1. The number of carbonyl (C=O) groups excluding carboxylic acids is 1. The predicted molar refractivity (Wildman–Crippen MR) is 103 cm³/mol. The maximum atomic E-state index is 12.6. The van der Waals surface area contributed by atoms with Gasteiger partial charge in [0.05, 0.1) is 29.7 Å². The van der Waals surface area contributed by atoms with Crippen LogP contribution in [0.25, 0.3) is 16.6 Å². The molecule has 0 saturated heterocycles. The van der Waals surface area contributed by atoms with E-state index in [-0.39, 0.29) is 5.91 Å². The summed E-state index contributed by atoms with van der Waals surface area (Å²) >= 11 is 5.88. The van der Waals surface area contributed by atoms with E-state index in [0.717, 1.165) is 22.3 Å². The molecule has 1 aromatic heterocycles. The Kier molecular flexibility index (Phi) is 4.41. The molecular formula is C19H16ClN5O. The van der Waals surface area contributed by atoms with Gasteiger partial charge in [0.1, 0.15) is 5.52 Å². The number of fused-ring (bicyclic) bond motifs is 1. The topological polar surface area (TPSA) is 82.2 Å². The van der Waals surface area contributed by atoms with Crippen molar-refractivity contribution >= 4 is 40.3 Å². The molecule has 6 nitrogen and oxygen atoms in total. The molecule has 26 heavy (non-hydrogen) atoms. The van der Waals surface area contributed by atoms with E-state index < -0.39 is 0 Å². The van der Waals surface area contributed by atoms with Crippen LogP contribution in [0.1, 0.15) is 21.6 Å². The molecule has 2 heterocycles. The Labute approximate surface area is 155 Å². The third-order valence-corrected chi connectivity index (χ3v) is 4.41. The average molecular weight is 366 g/mol. The molecule has 2 aromatic carbocycles. The van der Waals surface area contributed by atoms with Crippen molar-refractivity contribution in [2.75, 3.05) is 6.54 Å². The average Bonchev–Trinajstić information content (AvgIpc) is 3.12. The number of H-pyrrole nitrogens is 1. The number of hydrogen-bond acceptors (Lipinski definition) is 4. The number of aromatic amines is 1. The van der Waals surface area contributed by atoms with Crippen molar-refractivity contribution in [1.82, 2.24) is 20.8 Å². The fourth-order valence-corrected chi connectivity index (χ4v) is 2.97. The molecule has 0 radical (unpaired) electrons. The molecule has 0 unspecified atom stereocenters. The number of rotatable bonds is 4. The summed E-state index contributed by atoms with van der Waals surface area (Å²) in [5.74, 6) is -0.174. The van der Waals surface area contributed by atoms with Crippen LogP contribution in [0.3, 0.4) is 0 Å². The van der Waals surface area contributed by atoms with Crippen LogP contribution in [0.5, 0.6) is 0 Å². The second-order valence-corrected chi connectivity index (χ2v) is 6.30. The Balaban J connectivity index is 1.59. The van der Waals surface area contributed by atoms with Crippen molar-refractivity contribution < 1.29 is 4.79 Å². The number of amides is 1. The van der Waals surface area contributed by atoms with Crippen molar-refractivity contribution in [3.63, 3.8) is 0 Å². The number of aromatic nitrogens is 2. The van der Waals surface area contributed by atoms with Gasteiger partial charge in [-0.3, -0.25) is 14.9 Å². The first-order valence-corrected chi connectivity index (χ1v) is 8.56. The van der Waals surface area contributed by atoms with Gasteiger partial charge in [-0.2, -0.15) is 5.10 Å². The normalized spacial score (nSPS) is 13.3. The number of aliphatic imine (C=N–C) groups is 1. The molecule has 0 spiro atoms. The maximum Gasteiger partial charge on any atom is 0.253 e. The van der Waals surface area contributed by atoms with E-state index in [2.05, 4.69) is 25.8 Å². The lowest BCUT2D eigenvalue weighted by Gasteiger charge is -2.10. The van der Waals surface area contributed by atoms with Gasteiger partial charge in [-0.15, -0.1) is 0 Å². The van der Waals surface area contributed by atoms with Crippen molar-refractivity contribution in [2.24, 2.45) is 4.99 Å². The first-order chi connectivity index (χ1) is 12.7. The van der Waals surface area contributed by atoms with Crippen LogP contribution in [0.4, 0.5) is 0 Å². The Morgan fingerprint density at radius 3 is 2.81 bits per heavy atom. The largest absolute Gasteiger partial charge is 0.377 e. The van der Waals surface area contributed by atoms with Gasteiger partial charge < -0.3 is 10.6 Å². The molecule has 4 rings (SSSR count). The number of hydrogen-bond donors (Lipinski definition) is 3. The summed E-state index contributed by atoms with van der Waals surface area (Å²) in [6.45, 7) is 1.08. The zero-order chi connectivity index (χ0) is 17.9. The summed E-state index contributed by atoms with van der Waals surface area (Å²) in [6, 6.07) is 12.9. The number of nitrogens with zero attached hydrogens (tertiary/aromatic N) is 2. The lowest BCUT2D eigenvalue weighted by atomic mass is 10.1. The summed E-state index contributed by atoms with van der Waals surface area (Å²) in [5.41, 5.74) is 3.82. The summed E-state index contributed by atoms with van der Waals surface area (Å²) in [7, 11) is 0. The smallest absolute Gasteiger partial charge is 0.253 e. The van der Waals surface area contributed by atoms with Crippen molar-refractivity contribution in [3.05, 3.63) is 70.5 Å². The summed E-state index contributed by atoms with van der Waals surface area (Å²) in [6.07, 6.45) is 3.53. The summed E-state index contributed by atoms with van der Waals surface area (Å²) in [4.78, 5) is 16.8. The number of para-hydroxylation sites is 1. The van der Waals surface area contributed by atoms with Gasteiger partial charge in [0, 0.05) is 23.2 Å². The van der Waals surface area contributed by atoms with Crippen molar-refractivity contribution in [3.8, 4) is 0 Å². The van der Waals surface area contributed by atoms with Crippen LogP contribution in [0.2, 0.25) is 5.02 Å². The second kappa shape index (κ2) is 7.01. The SMILES string of the molecule is O=C(NCc1ccc(Cl)cc1)c1cccc2c(C3=CN=CCN3)[nH]nc12. The molecule has 0 saturated carbocycles. The number of nitrogens with one attached hydrogen (secondary N) is 3. The number of carbonyl (C=O) groups is 1. The van der Waals surface area contributed by atoms with Gasteiger partial charge in [0.25, 0.3) is 5.91 Å². The predicted octanol–water partition coefficient (Wildman–Crippen LogP) is 3.12. The Hall–Kier alpha value is -3.12. The van der Waals surface area contributed by atoms with Gasteiger partial charge in [-0.05, 0) is 23.8 Å². The lowest BCUT2D eigenvalue weighted by molar-refractivity contribution is 0.0952. The quantitative estimate of drug-likeness (QED) is 0.664. The zero-order valence-electron chi connectivity index (χ0n) is 13.8. The second-order valence-electron chi connectivity index (χ2n) is 5.86. The monoisotopic (exact) mass is 365 g/mol. The highest BCUT2D eigenvalue weighted by Crippen LogP contribution is 2.24. The van der Waals surface area contributed by atoms with Gasteiger partial charge >= 0.3 is 0 Å². The van der Waals surface area contributed by atoms with Crippen LogP contribution >= 0.6 is 11.6 Å². The summed E-state index contributed by atoms with van der Waals surface area (Å²) in [5, 5.41) is 15.1. The van der Waals surface area contributed by atoms with Gasteiger partial charge in [0.15, 0.2) is 0 Å². The maximum absolute atomic E-state index is 12.6. The fourth-order valence-electron chi connectivity index (χ4n) is 2.84. The third kappa shape index (κ3) is 3.19. The van der Waals surface area contributed by atoms with E-state index in [4.69, 9.17) is 11.6 Å². The van der Waals surface area contributed by atoms with Gasteiger partial charge in [0.2, 0.25) is 0 Å². The molecule has 3 aromatic rings. The fraction of sp³-hybridized carbons (Fsp3) is 0.105. The Bertz CT molecular complexity index is 1020. The van der Waals surface area contributed by atoms with Crippen molar-refractivity contribution in [2.45, 2.75) is 6.54 Å². The van der Waals surface area contributed by atoms with E-state index in [1.807, 2.05) is 24.3 Å². The van der Waals surface area contributed by atoms with Crippen LogP contribution < -0.4 is 10.6 Å². The molecule has 1 aliphatic rings. The molecule has 1 aliphatic heterocycles. The van der Waals surface area contributed by atoms with Crippen LogP contribution in [-0.4, -0.2) is 28.9 Å². The molecule has 7 heteroatoms. The minimum Gasteiger partial charge on any atom is -0.377 e. The van der Waals surface area contributed by atoms with E-state index in [1.54, 1.807) is 30.6 Å². The Morgan fingerprint density at radius 1 is 1.19 bits per heavy atom. The first-order valence-electron chi connectivity index (χ1n) is 8.18. The van der Waals surface area contributed by atoms with Crippen LogP contribution in [0, 0.1) is 0 Å². The minimum atomic E-state index is -0.174. The standard InChI is InChI=1S/C19H16ClN5O/c20-13-6-4-12(5-7-13)10-23-19(26)15-3-1-2-14-17(15)24-25-18(14)16-11-21-8-9-22-16/h1-8,11,22H,9-10H2,(H,23,26)(H,24,25). The highest BCUT2D eigenvalue weighted by atomic mass is 35.5. The molecule has 0 fully saturated rings. The molecule has 130 valence electrons. The zero-order valence-corrected chi connectivity index (χ0v) is 14.5. The van der Waals surface area contributed by atoms with E-state index >= 15 is 0 Å².